The van der Waals surface area contributed by atoms with Crippen LogP contribution < -0.4 is 20.1 Å². The van der Waals surface area contributed by atoms with E-state index >= 15 is 0 Å². The van der Waals surface area contributed by atoms with Gasteiger partial charge in [-0.1, -0.05) is 18.2 Å². The topological polar surface area (TPSA) is 64.8 Å². The number of β-lactam (4-membered cyclic amide) rings is 1. The summed E-state index contributed by atoms with van der Waals surface area (Å²) in [6.45, 7) is 0.156. The van der Waals surface area contributed by atoms with Crippen LogP contribution >= 0.6 is 0 Å². The van der Waals surface area contributed by atoms with Crippen molar-refractivity contribution in [2.45, 2.75) is 12.1 Å². The third kappa shape index (κ3) is 1.77. The number of nitrogens with two attached hydrogens (primary N) is 1. The minimum atomic E-state index is -0.748. The van der Waals surface area contributed by atoms with Gasteiger partial charge in [-0.25, -0.2) is 4.39 Å². The fourth-order valence-electron chi connectivity index (χ4n) is 2.88. The molecule has 2 aromatic rings. The molecule has 0 bridgehead atoms. The van der Waals surface area contributed by atoms with E-state index in [2.05, 4.69) is 0 Å². The van der Waals surface area contributed by atoms with Crippen LogP contribution in [0, 0.1) is 5.82 Å². The summed E-state index contributed by atoms with van der Waals surface area (Å²) in [5, 5.41) is 0. The number of rotatable bonds is 2. The van der Waals surface area contributed by atoms with E-state index in [4.69, 9.17) is 15.2 Å². The number of nitrogens with zero attached hydrogens (tertiary/aromatic N) is 1. The Morgan fingerprint density at radius 1 is 1.14 bits per heavy atom. The summed E-state index contributed by atoms with van der Waals surface area (Å²) in [5.74, 6) is 0.579. The largest absolute Gasteiger partial charge is 0.454 e. The van der Waals surface area contributed by atoms with Crippen LogP contribution in [0.5, 0.6) is 11.5 Å². The molecule has 0 aliphatic carbocycles. The van der Waals surface area contributed by atoms with Crippen LogP contribution in [0.2, 0.25) is 0 Å². The van der Waals surface area contributed by atoms with Gasteiger partial charge in [0, 0.05) is 17.3 Å². The van der Waals surface area contributed by atoms with E-state index in [0.29, 0.717) is 22.7 Å². The number of carbonyl (C=O) groups is 1. The second kappa shape index (κ2) is 4.71. The minimum Gasteiger partial charge on any atom is -0.454 e. The molecule has 2 aliphatic rings. The molecule has 1 saturated heterocycles. The number of benzene rings is 2. The zero-order valence-electron chi connectivity index (χ0n) is 11.5. The first-order valence-corrected chi connectivity index (χ1v) is 6.89. The smallest absolute Gasteiger partial charge is 0.247 e. The lowest BCUT2D eigenvalue weighted by Gasteiger charge is -2.45. The summed E-state index contributed by atoms with van der Waals surface area (Å²) >= 11 is 0. The van der Waals surface area contributed by atoms with E-state index < -0.39 is 12.1 Å². The van der Waals surface area contributed by atoms with Gasteiger partial charge >= 0.3 is 0 Å². The van der Waals surface area contributed by atoms with Crippen molar-refractivity contribution >= 4 is 11.6 Å². The molecule has 1 fully saturated rings. The predicted molar refractivity (Wildman–Crippen MR) is 77.2 cm³/mol. The van der Waals surface area contributed by atoms with Crippen LogP contribution in [0.4, 0.5) is 10.1 Å². The number of fused-ring (bicyclic) bond motifs is 1. The molecule has 2 atom stereocenters. The van der Waals surface area contributed by atoms with Gasteiger partial charge in [0.05, 0.1) is 6.04 Å². The molecule has 112 valence electrons. The third-order valence-electron chi connectivity index (χ3n) is 4.00. The van der Waals surface area contributed by atoms with Crippen molar-refractivity contribution in [3.05, 3.63) is 53.8 Å². The lowest BCUT2D eigenvalue weighted by atomic mass is 9.88. The Labute approximate surface area is 126 Å². The first kappa shape index (κ1) is 13.1. The van der Waals surface area contributed by atoms with Gasteiger partial charge in [0.1, 0.15) is 11.9 Å². The van der Waals surface area contributed by atoms with Crippen LogP contribution in [0.25, 0.3) is 0 Å². The molecule has 2 aromatic carbocycles. The molecule has 4 rings (SSSR count). The van der Waals surface area contributed by atoms with Crippen LogP contribution in [-0.2, 0) is 4.79 Å². The minimum absolute atomic E-state index is 0.156. The maximum Gasteiger partial charge on any atom is 0.247 e. The summed E-state index contributed by atoms with van der Waals surface area (Å²) in [5.41, 5.74) is 6.92. The summed E-state index contributed by atoms with van der Waals surface area (Å²) < 4.78 is 24.6. The molecule has 22 heavy (non-hydrogen) atoms. The summed E-state index contributed by atoms with van der Waals surface area (Å²) in [7, 11) is 0. The standard InChI is InChI=1S/C16H13FN2O3/c17-11-4-2-1-3-10(11)15-14(18)16(20)19(15)9-5-6-12-13(7-9)22-8-21-12/h1-7,14-15H,8,18H2. The summed E-state index contributed by atoms with van der Waals surface area (Å²) in [4.78, 5) is 13.7. The normalized spacial score (nSPS) is 22.6. The zero-order valence-corrected chi connectivity index (χ0v) is 11.5. The van der Waals surface area contributed by atoms with Crippen molar-refractivity contribution < 1.29 is 18.7 Å². The average molecular weight is 300 g/mol. The van der Waals surface area contributed by atoms with Gasteiger partial charge in [-0.05, 0) is 18.2 Å². The Morgan fingerprint density at radius 3 is 2.73 bits per heavy atom. The number of anilines is 1. The Morgan fingerprint density at radius 2 is 1.91 bits per heavy atom. The molecule has 6 heteroatoms. The molecule has 0 radical (unpaired) electrons. The number of hydrogen-bond acceptors (Lipinski definition) is 4. The van der Waals surface area contributed by atoms with Crippen molar-refractivity contribution in [2.75, 3.05) is 11.7 Å². The van der Waals surface area contributed by atoms with E-state index in [9.17, 15) is 9.18 Å². The molecule has 5 nitrogen and oxygen atoms in total. The number of halogens is 1. The fourth-order valence-corrected chi connectivity index (χ4v) is 2.88. The zero-order chi connectivity index (χ0) is 15.3. The second-order valence-corrected chi connectivity index (χ2v) is 5.24. The first-order valence-electron chi connectivity index (χ1n) is 6.89. The van der Waals surface area contributed by atoms with Crippen molar-refractivity contribution in [3.8, 4) is 11.5 Å². The fraction of sp³-hybridized carbons (Fsp3) is 0.188. The molecule has 2 N–H and O–H groups in total. The SMILES string of the molecule is NC1C(=O)N(c2ccc3c(c2)OCO3)C1c1ccccc1F. The highest BCUT2D eigenvalue weighted by Gasteiger charge is 2.47. The third-order valence-corrected chi connectivity index (χ3v) is 4.00. The molecule has 0 spiro atoms. The maximum atomic E-state index is 14.0. The average Bonchev–Trinajstić information content (AvgIpc) is 3.00. The number of ether oxygens (including phenoxy) is 2. The molecular formula is C16H13FN2O3. The molecule has 0 saturated carbocycles. The van der Waals surface area contributed by atoms with Crippen molar-refractivity contribution in [2.24, 2.45) is 5.73 Å². The maximum absolute atomic E-state index is 14.0. The molecule has 2 aliphatic heterocycles. The Hall–Kier alpha value is -2.60. The van der Waals surface area contributed by atoms with Gasteiger partial charge < -0.3 is 20.1 Å². The lowest BCUT2D eigenvalue weighted by molar-refractivity contribution is -0.126. The van der Waals surface area contributed by atoms with Crippen molar-refractivity contribution in [1.29, 1.82) is 0 Å². The van der Waals surface area contributed by atoms with Crippen LogP contribution in [0.3, 0.4) is 0 Å². The number of carbonyl (C=O) groups excluding carboxylic acids is 1. The van der Waals surface area contributed by atoms with Crippen LogP contribution in [0.1, 0.15) is 11.6 Å². The van der Waals surface area contributed by atoms with E-state index in [0.717, 1.165) is 0 Å². The molecule has 2 unspecified atom stereocenters. The summed E-state index contributed by atoms with van der Waals surface area (Å²) in [6.07, 6.45) is 0. The van der Waals surface area contributed by atoms with Crippen LogP contribution in [-0.4, -0.2) is 18.7 Å². The molecule has 0 aromatic heterocycles. The molecular weight excluding hydrogens is 287 g/mol. The van der Waals surface area contributed by atoms with Gasteiger partial charge in [0.25, 0.3) is 0 Å². The molecule has 1 amide bonds. The van der Waals surface area contributed by atoms with E-state index in [1.165, 1.54) is 11.0 Å². The second-order valence-electron chi connectivity index (χ2n) is 5.24. The number of amides is 1. The van der Waals surface area contributed by atoms with Gasteiger partial charge in [-0.15, -0.1) is 0 Å². The van der Waals surface area contributed by atoms with Gasteiger partial charge in [0.2, 0.25) is 12.7 Å². The highest BCUT2D eigenvalue weighted by atomic mass is 19.1. The number of hydrogen-bond donors (Lipinski definition) is 1. The monoisotopic (exact) mass is 300 g/mol. The Bertz CT molecular complexity index is 765. The quantitative estimate of drug-likeness (QED) is 0.861. The van der Waals surface area contributed by atoms with Crippen molar-refractivity contribution in [1.82, 2.24) is 0 Å². The Balaban J connectivity index is 1.74. The molecule has 2 heterocycles. The Kier molecular flexibility index (Phi) is 2.80. The lowest BCUT2D eigenvalue weighted by Crippen LogP contribution is -2.63. The van der Waals surface area contributed by atoms with Gasteiger partial charge in [-0.2, -0.15) is 0 Å². The first-order chi connectivity index (χ1) is 10.7. The van der Waals surface area contributed by atoms with Crippen molar-refractivity contribution in [3.63, 3.8) is 0 Å². The van der Waals surface area contributed by atoms with E-state index in [-0.39, 0.29) is 18.5 Å². The highest BCUT2D eigenvalue weighted by Crippen LogP contribution is 2.43. The highest BCUT2D eigenvalue weighted by molar-refractivity contribution is 6.05. The van der Waals surface area contributed by atoms with E-state index in [1.54, 1.807) is 36.4 Å². The summed E-state index contributed by atoms with van der Waals surface area (Å²) in [6, 6.07) is 10.3. The predicted octanol–water partition coefficient (Wildman–Crippen LogP) is 1.97. The van der Waals surface area contributed by atoms with Crippen LogP contribution in [0.15, 0.2) is 42.5 Å². The van der Waals surface area contributed by atoms with Gasteiger partial charge in [-0.3, -0.25) is 4.79 Å². The van der Waals surface area contributed by atoms with Gasteiger partial charge in [0.15, 0.2) is 11.5 Å². The van der Waals surface area contributed by atoms with E-state index in [1.807, 2.05) is 0 Å².